The number of nitrogens with zero attached hydrogens (tertiary/aromatic N) is 3. The number of imidazole rings is 2. The molecular weight excluding hydrogens is 706 g/mol. The molecule has 10 nitrogen and oxygen atoms in total. The molecule has 0 atom stereocenters. The molecule has 0 fully saturated rings. The van der Waals surface area contributed by atoms with Crippen molar-refractivity contribution in [3.63, 3.8) is 0 Å². The average molecular weight is 745 g/mol. The normalized spacial score (nSPS) is 11.5. The summed E-state index contributed by atoms with van der Waals surface area (Å²) in [6.45, 7) is 4.12. The zero-order valence-corrected chi connectivity index (χ0v) is 30.1. The molecule has 0 aliphatic rings. The number of unbranched alkanes of at least 4 members (excludes halogenated alkanes) is 9. The van der Waals surface area contributed by atoms with Gasteiger partial charge in [-0.1, -0.05) is 111 Å². The van der Waals surface area contributed by atoms with E-state index in [-0.39, 0.29) is 48.7 Å². The second-order valence-electron chi connectivity index (χ2n) is 11.1. The molecule has 3 N–H and O–H groups in total. The van der Waals surface area contributed by atoms with E-state index in [2.05, 4.69) is 31.9 Å². The lowest BCUT2D eigenvalue weighted by Crippen LogP contribution is -2.13. The summed E-state index contributed by atoms with van der Waals surface area (Å²) in [4.78, 5) is 23.1. The van der Waals surface area contributed by atoms with Gasteiger partial charge in [0.1, 0.15) is 16.6 Å². The molecule has 1 amide bonds. The molecule has 15 heteroatoms. The number of ether oxygens (including phenoxy) is 1. The van der Waals surface area contributed by atoms with E-state index in [1.165, 1.54) is 93.2 Å². The monoisotopic (exact) mass is 742 g/mol. The van der Waals surface area contributed by atoms with Crippen LogP contribution in [0.1, 0.15) is 78.1 Å². The molecule has 4 rings (SSSR count). The number of H-pyrrole nitrogens is 1. The van der Waals surface area contributed by atoms with Crippen molar-refractivity contribution < 1.29 is 17.9 Å². The van der Waals surface area contributed by atoms with E-state index >= 15 is 0 Å². The van der Waals surface area contributed by atoms with Crippen LogP contribution in [0.15, 0.2) is 47.4 Å². The van der Waals surface area contributed by atoms with Gasteiger partial charge in [-0.05, 0) is 48.9 Å². The molecule has 0 spiro atoms. The topological polar surface area (TPSA) is 131 Å². The second-order valence-corrected chi connectivity index (χ2v) is 14.2. The number of sulfonamides is 1. The Morgan fingerprint density at radius 1 is 0.894 bits per heavy atom. The summed E-state index contributed by atoms with van der Waals surface area (Å²) < 4.78 is 36.1. The number of hydrogen-bond donors (Lipinski definition) is 3. The Hall–Kier alpha value is -2.96. The van der Waals surface area contributed by atoms with Crippen molar-refractivity contribution in [2.24, 2.45) is 0 Å². The third kappa shape index (κ3) is 10.3. The van der Waals surface area contributed by atoms with Crippen molar-refractivity contribution in [3.05, 3.63) is 62.9 Å². The number of nitrogens with one attached hydrogen (secondary N) is 3. The van der Waals surface area contributed by atoms with Crippen molar-refractivity contribution >= 4 is 74.0 Å². The van der Waals surface area contributed by atoms with Gasteiger partial charge in [-0.3, -0.25) is 14.8 Å². The van der Waals surface area contributed by atoms with E-state index in [9.17, 15) is 13.2 Å². The van der Waals surface area contributed by atoms with Gasteiger partial charge < -0.3 is 9.72 Å². The molecule has 254 valence electrons. The minimum Gasteiger partial charge on any atom is -0.494 e. The Labute approximate surface area is 295 Å². The van der Waals surface area contributed by atoms with Crippen LogP contribution >= 0.6 is 46.4 Å². The first-order valence-corrected chi connectivity index (χ1v) is 18.5. The number of hydrogen-bond acceptors (Lipinski definition) is 6. The molecule has 0 bridgehead atoms. The minimum absolute atomic E-state index is 0.0183. The van der Waals surface area contributed by atoms with Crippen LogP contribution in [0.5, 0.6) is 5.75 Å². The fourth-order valence-electron chi connectivity index (χ4n) is 4.91. The predicted molar refractivity (Wildman–Crippen MR) is 190 cm³/mol. The van der Waals surface area contributed by atoms with Gasteiger partial charge in [0, 0.05) is 18.2 Å². The van der Waals surface area contributed by atoms with Gasteiger partial charge in [0.05, 0.1) is 16.5 Å². The lowest BCUT2D eigenvalue weighted by atomic mass is 10.1. The van der Waals surface area contributed by atoms with Gasteiger partial charge in [-0.15, -0.1) is 0 Å². The summed E-state index contributed by atoms with van der Waals surface area (Å²) in [5.41, 5.74) is 0.763. The van der Waals surface area contributed by atoms with E-state index in [4.69, 9.17) is 51.1 Å². The van der Waals surface area contributed by atoms with Gasteiger partial charge in [0.25, 0.3) is 10.0 Å². The van der Waals surface area contributed by atoms with Crippen molar-refractivity contribution in [1.82, 2.24) is 19.5 Å². The predicted octanol–water partition coefficient (Wildman–Crippen LogP) is 9.93. The number of rotatable bonds is 18. The smallest absolute Gasteiger partial charge is 0.261 e. The molecule has 0 aliphatic heterocycles. The van der Waals surface area contributed by atoms with Gasteiger partial charge in [-0.2, -0.15) is 4.98 Å². The third-order valence-electron chi connectivity index (χ3n) is 7.30. The standard InChI is InChI=1S/C32H38Cl4N6O4S/c1-3-4-5-6-7-8-9-10-11-12-19-46-23-14-16-24(17-15-23)47(44,45)41-22-13-18-26(33)25(20-22)27-28(34)39-32(38-27)42-30(36)29(35)40-31(42)37-21(2)43/h13-18,20,41H,3-12,19H2,1-2H3,(H,38,39)(H,37,40,43). The van der Waals surface area contributed by atoms with Crippen molar-refractivity contribution in [2.45, 2.75) is 83.0 Å². The van der Waals surface area contributed by atoms with Crippen LogP contribution in [-0.2, 0) is 14.8 Å². The number of halogens is 4. The number of carbonyl (C=O) groups is 1. The van der Waals surface area contributed by atoms with E-state index < -0.39 is 15.9 Å². The highest BCUT2D eigenvalue weighted by Crippen LogP contribution is 2.37. The number of anilines is 2. The average Bonchev–Trinajstić information content (AvgIpc) is 3.53. The summed E-state index contributed by atoms with van der Waals surface area (Å²) in [6.07, 6.45) is 12.4. The second kappa shape index (κ2) is 17.4. The number of benzene rings is 2. The Bertz CT molecular complexity index is 1760. The highest BCUT2D eigenvalue weighted by molar-refractivity contribution is 7.92. The van der Waals surface area contributed by atoms with Crippen LogP contribution in [0.4, 0.5) is 11.6 Å². The SMILES string of the molecule is CCCCCCCCCCCCOc1ccc(S(=O)(=O)Nc2ccc(Cl)c(-c3nc(-n4c(NC(C)=O)nc(Cl)c4Cl)[nH]c3Cl)c2)cc1. The molecule has 0 unspecified atom stereocenters. The molecule has 4 aromatic rings. The zero-order valence-electron chi connectivity index (χ0n) is 26.2. The van der Waals surface area contributed by atoms with Crippen molar-refractivity contribution in [3.8, 4) is 23.0 Å². The number of amides is 1. The van der Waals surface area contributed by atoms with Crippen LogP contribution in [0.25, 0.3) is 17.2 Å². The molecular formula is C32H38Cl4N6O4S. The minimum atomic E-state index is -3.95. The fraction of sp³-hybridized carbons (Fsp3) is 0.406. The summed E-state index contributed by atoms with van der Waals surface area (Å²) in [5, 5.41) is 2.78. The zero-order chi connectivity index (χ0) is 34.0. The Morgan fingerprint density at radius 2 is 1.53 bits per heavy atom. The molecule has 0 aliphatic carbocycles. The van der Waals surface area contributed by atoms with Gasteiger partial charge >= 0.3 is 0 Å². The summed E-state index contributed by atoms with van der Waals surface area (Å²) >= 11 is 25.3. The largest absolute Gasteiger partial charge is 0.494 e. The van der Waals surface area contributed by atoms with Gasteiger partial charge in [0.2, 0.25) is 17.8 Å². The number of carbonyl (C=O) groups excluding carboxylic acids is 1. The molecule has 2 aromatic carbocycles. The van der Waals surface area contributed by atoms with E-state index in [1.54, 1.807) is 12.1 Å². The highest BCUT2D eigenvalue weighted by atomic mass is 35.5. The van der Waals surface area contributed by atoms with Crippen LogP contribution in [0.2, 0.25) is 20.5 Å². The van der Waals surface area contributed by atoms with E-state index in [0.717, 1.165) is 12.8 Å². The third-order valence-corrected chi connectivity index (χ3v) is 10.0. The maximum Gasteiger partial charge on any atom is 0.261 e. The molecule has 0 saturated heterocycles. The summed E-state index contributed by atoms with van der Waals surface area (Å²) in [6, 6.07) is 10.8. The van der Waals surface area contributed by atoms with Gasteiger partial charge in [-0.25, -0.2) is 18.0 Å². The molecule has 0 radical (unpaired) electrons. The quantitative estimate of drug-likeness (QED) is 0.0870. The van der Waals surface area contributed by atoms with E-state index in [1.807, 2.05) is 0 Å². The number of aromatic amines is 1. The Balaban J connectivity index is 1.37. The van der Waals surface area contributed by atoms with Crippen LogP contribution in [-0.4, -0.2) is 40.5 Å². The molecule has 2 heterocycles. The lowest BCUT2D eigenvalue weighted by Gasteiger charge is -2.11. The highest BCUT2D eigenvalue weighted by Gasteiger charge is 2.23. The van der Waals surface area contributed by atoms with Gasteiger partial charge in [0.15, 0.2) is 10.3 Å². The first kappa shape index (κ1) is 36.9. The van der Waals surface area contributed by atoms with Crippen molar-refractivity contribution in [2.75, 3.05) is 16.6 Å². The lowest BCUT2D eigenvalue weighted by molar-refractivity contribution is -0.114. The van der Waals surface area contributed by atoms with E-state index in [0.29, 0.717) is 17.9 Å². The van der Waals surface area contributed by atoms with Crippen LogP contribution in [0.3, 0.4) is 0 Å². The first-order valence-electron chi connectivity index (χ1n) is 15.5. The molecule has 47 heavy (non-hydrogen) atoms. The van der Waals surface area contributed by atoms with Crippen LogP contribution < -0.4 is 14.8 Å². The summed E-state index contributed by atoms with van der Waals surface area (Å²) in [5.74, 6) is 0.318. The van der Waals surface area contributed by atoms with Crippen molar-refractivity contribution in [1.29, 1.82) is 0 Å². The molecule has 2 aromatic heterocycles. The number of aromatic nitrogens is 4. The fourth-order valence-corrected chi connectivity index (χ4v) is 6.76. The Morgan fingerprint density at radius 3 is 2.17 bits per heavy atom. The summed E-state index contributed by atoms with van der Waals surface area (Å²) in [7, 11) is -3.95. The molecule has 0 saturated carbocycles. The Kier molecular flexibility index (Phi) is 13.7. The van der Waals surface area contributed by atoms with Crippen LogP contribution in [0, 0.1) is 0 Å². The maximum absolute atomic E-state index is 13.2. The maximum atomic E-state index is 13.2. The first-order chi connectivity index (χ1) is 22.5.